The molecule has 0 aromatic rings. The molecule has 2 saturated carbocycles. The van der Waals surface area contributed by atoms with E-state index in [9.17, 15) is 0 Å². The first-order chi connectivity index (χ1) is 4.88. The van der Waals surface area contributed by atoms with Crippen molar-refractivity contribution in [2.45, 2.75) is 50.7 Å². The van der Waals surface area contributed by atoms with Gasteiger partial charge in [0.2, 0.25) is 0 Å². The zero-order valence-electron chi connectivity index (χ0n) is 6.31. The van der Waals surface area contributed by atoms with Crippen LogP contribution in [0, 0.1) is 5.41 Å². The molecule has 0 aromatic heterocycles. The van der Waals surface area contributed by atoms with Crippen molar-refractivity contribution < 1.29 is 4.74 Å². The van der Waals surface area contributed by atoms with Crippen LogP contribution in [0.25, 0.3) is 0 Å². The molecule has 0 aromatic carbocycles. The fourth-order valence-corrected chi connectivity index (χ4v) is 3.01. The summed E-state index contributed by atoms with van der Waals surface area (Å²) in [5, 5.41) is 0. The van der Waals surface area contributed by atoms with E-state index in [1.807, 2.05) is 0 Å². The van der Waals surface area contributed by atoms with E-state index in [0.717, 1.165) is 5.41 Å². The SMILES string of the molecule is C1CCC2(C1)CC1OC1C2. The Morgan fingerprint density at radius 2 is 1.60 bits per heavy atom. The Labute approximate surface area is 61.8 Å². The van der Waals surface area contributed by atoms with Crippen molar-refractivity contribution in [1.82, 2.24) is 0 Å². The van der Waals surface area contributed by atoms with Crippen molar-refractivity contribution in [2.24, 2.45) is 5.41 Å². The van der Waals surface area contributed by atoms with Gasteiger partial charge in [-0.05, 0) is 31.1 Å². The summed E-state index contributed by atoms with van der Waals surface area (Å²) in [5.74, 6) is 0. The molecule has 0 amide bonds. The molecule has 0 bridgehead atoms. The van der Waals surface area contributed by atoms with Crippen molar-refractivity contribution in [3.8, 4) is 0 Å². The van der Waals surface area contributed by atoms with Crippen LogP contribution in [0.5, 0.6) is 0 Å². The van der Waals surface area contributed by atoms with Crippen LogP contribution in [0.2, 0.25) is 0 Å². The molecular weight excluding hydrogens is 124 g/mol. The molecule has 2 atom stereocenters. The fourth-order valence-electron chi connectivity index (χ4n) is 3.01. The Hall–Kier alpha value is -0.0400. The van der Waals surface area contributed by atoms with Gasteiger partial charge < -0.3 is 4.74 Å². The predicted molar refractivity (Wildman–Crippen MR) is 38.8 cm³/mol. The molecule has 3 aliphatic rings. The van der Waals surface area contributed by atoms with E-state index in [0.29, 0.717) is 12.2 Å². The second kappa shape index (κ2) is 1.58. The molecule has 0 radical (unpaired) electrons. The molecule has 1 spiro atoms. The van der Waals surface area contributed by atoms with Gasteiger partial charge in [-0.2, -0.15) is 0 Å². The van der Waals surface area contributed by atoms with Gasteiger partial charge in [0.25, 0.3) is 0 Å². The molecule has 1 heterocycles. The second-order valence-electron chi connectivity index (χ2n) is 4.33. The van der Waals surface area contributed by atoms with Crippen LogP contribution in [0.1, 0.15) is 38.5 Å². The molecular formula is C9H14O. The molecule has 1 aliphatic heterocycles. The van der Waals surface area contributed by atoms with Crippen molar-refractivity contribution in [3.05, 3.63) is 0 Å². The highest BCUT2D eigenvalue weighted by molar-refractivity contribution is 5.05. The molecule has 3 fully saturated rings. The number of rotatable bonds is 0. The highest BCUT2D eigenvalue weighted by Gasteiger charge is 2.55. The summed E-state index contributed by atoms with van der Waals surface area (Å²) in [6.45, 7) is 0. The highest BCUT2D eigenvalue weighted by Crippen LogP contribution is 2.57. The standard InChI is InChI=1S/C9H14O/c1-2-4-9(3-1)5-7-8(6-9)10-7/h7-8H,1-6H2. The van der Waals surface area contributed by atoms with Gasteiger partial charge in [-0.15, -0.1) is 0 Å². The van der Waals surface area contributed by atoms with Crippen molar-refractivity contribution in [2.75, 3.05) is 0 Å². The monoisotopic (exact) mass is 138 g/mol. The predicted octanol–water partition coefficient (Wildman–Crippen LogP) is 2.11. The first-order valence-corrected chi connectivity index (χ1v) is 4.54. The van der Waals surface area contributed by atoms with Crippen LogP contribution in [-0.4, -0.2) is 12.2 Å². The van der Waals surface area contributed by atoms with Gasteiger partial charge in [0.05, 0.1) is 12.2 Å². The number of hydrogen-bond donors (Lipinski definition) is 0. The quantitative estimate of drug-likeness (QED) is 0.467. The molecule has 2 aliphatic carbocycles. The number of hydrogen-bond acceptors (Lipinski definition) is 1. The lowest BCUT2D eigenvalue weighted by molar-refractivity contribution is 0.180. The number of fused-ring (bicyclic) bond motifs is 1. The molecule has 2 unspecified atom stereocenters. The third-order valence-electron chi connectivity index (χ3n) is 3.62. The number of ether oxygens (including phenoxy) is 1. The summed E-state index contributed by atoms with van der Waals surface area (Å²) in [6.07, 6.45) is 10.2. The molecule has 1 saturated heterocycles. The molecule has 10 heavy (non-hydrogen) atoms. The van der Waals surface area contributed by atoms with Gasteiger partial charge >= 0.3 is 0 Å². The van der Waals surface area contributed by atoms with E-state index in [1.165, 1.54) is 38.5 Å². The fraction of sp³-hybridized carbons (Fsp3) is 1.00. The summed E-state index contributed by atoms with van der Waals surface area (Å²) in [7, 11) is 0. The van der Waals surface area contributed by atoms with Crippen LogP contribution in [0.15, 0.2) is 0 Å². The van der Waals surface area contributed by atoms with Crippen LogP contribution in [0.4, 0.5) is 0 Å². The Kier molecular flexibility index (Phi) is 0.883. The minimum absolute atomic E-state index is 0.707. The smallest absolute Gasteiger partial charge is 0.0847 e. The van der Waals surface area contributed by atoms with Crippen molar-refractivity contribution >= 4 is 0 Å². The van der Waals surface area contributed by atoms with Gasteiger partial charge in [0, 0.05) is 0 Å². The third kappa shape index (κ3) is 0.619. The van der Waals surface area contributed by atoms with Gasteiger partial charge in [-0.25, -0.2) is 0 Å². The summed E-state index contributed by atoms with van der Waals surface area (Å²) in [5.41, 5.74) is 0.785. The second-order valence-corrected chi connectivity index (χ2v) is 4.33. The summed E-state index contributed by atoms with van der Waals surface area (Å²) in [6, 6.07) is 0. The molecule has 1 heteroatoms. The van der Waals surface area contributed by atoms with Crippen molar-refractivity contribution in [3.63, 3.8) is 0 Å². The zero-order chi connectivity index (χ0) is 6.60. The Morgan fingerprint density at radius 1 is 1.00 bits per heavy atom. The van der Waals surface area contributed by atoms with Crippen LogP contribution < -0.4 is 0 Å². The summed E-state index contributed by atoms with van der Waals surface area (Å²) < 4.78 is 5.44. The zero-order valence-corrected chi connectivity index (χ0v) is 6.31. The topological polar surface area (TPSA) is 12.5 Å². The van der Waals surface area contributed by atoms with Crippen LogP contribution in [0.3, 0.4) is 0 Å². The van der Waals surface area contributed by atoms with Gasteiger partial charge in [0.15, 0.2) is 0 Å². The highest BCUT2D eigenvalue weighted by atomic mass is 16.6. The lowest BCUT2D eigenvalue weighted by Gasteiger charge is -2.23. The average Bonchev–Trinajstić information content (AvgIpc) is 2.45. The summed E-state index contributed by atoms with van der Waals surface area (Å²) >= 11 is 0. The average molecular weight is 138 g/mol. The van der Waals surface area contributed by atoms with E-state index in [1.54, 1.807) is 0 Å². The largest absolute Gasteiger partial charge is 0.370 e. The molecule has 1 nitrogen and oxygen atoms in total. The van der Waals surface area contributed by atoms with E-state index >= 15 is 0 Å². The van der Waals surface area contributed by atoms with E-state index in [2.05, 4.69) is 0 Å². The Bertz CT molecular complexity index is 146. The minimum Gasteiger partial charge on any atom is -0.370 e. The first-order valence-electron chi connectivity index (χ1n) is 4.54. The van der Waals surface area contributed by atoms with E-state index < -0.39 is 0 Å². The lowest BCUT2D eigenvalue weighted by Crippen LogP contribution is -2.14. The third-order valence-corrected chi connectivity index (χ3v) is 3.62. The Balaban J connectivity index is 1.80. The maximum Gasteiger partial charge on any atom is 0.0847 e. The normalized spacial score (nSPS) is 48.0. The lowest BCUT2D eigenvalue weighted by atomic mass is 9.84. The van der Waals surface area contributed by atoms with Gasteiger partial charge in [0.1, 0.15) is 0 Å². The Morgan fingerprint density at radius 3 is 2.20 bits per heavy atom. The molecule has 3 rings (SSSR count). The molecule has 0 N–H and O–H groups in total. The van der Waals surface area contributed by atoms with Crippen LogP contribution in [-0.2, 0) is 4.74 Å². The van der Waals surface area contributed by atoms with Gasteiger partial charge in [-0.3, -0.25) is 0 Å². The molecule has 56 valence electrons. The number of epoxide rings is 1. The maximum atomic E-state index is 5.44. The van der Waals surface area contributed by atoms with E-state index in [-0.39, 0.29) is 0 Å². The van der Waals surface area contributed by atoms with E-state index in [4.69, 9.17) is 4.74 Å². The van der Waals surface area contributed by atoms with Gasteiger partial charge in [-0.1, -0.05) is 12.8 Å². The van der Waals surface area contributed by atoms with Crippen LogP contribution >= 0.6 is 0 Å². The van der Waals surface area contributed by atoms with Crippen molar-refractivity contribution in [1.29, 1.82) is 0 Å². The minimum atomic E-state index is 0.707. The first kappa shape index (κ1) is 5.59. The maximum absolute atomic E-state index is 5.44. The summed E-state index contributed by atoms with van der Waals surface area (Å²) in [4.78, 5) is 0.